The molecule has 0 unspecified atom stereocenters. The molecule has 3 nitrogen and oxygen atoms in total. The fourth-order valence-corrected chi connectivity index (χ4v) is 1.50. The van der Waals surface area contributed by atoms with Crippen molar-refractivity contribution < 1.29 is 9.53 Å². The van der Waals surface area contributed by atoms with E-state index in [4.69, 9.17) is 4.74 Å². The lowest BCUT2D eigenvalue weighted by Crippen LogP contribution is -2.44. The standard InChI is InChI=1S/C11H19NO2/c1-4-9(2)10(3)11(13)12-5-7-14-8-6-12/h4,9-10H,1,5-8H2,2-3H3/t9-,10+/m1/s1. The number of rotatable bonds is 3. The van der Waals surface area contributed by atoms with Crippen molar-refractivity contribution in [2.24, 2.45) is 11.8 Å². The van der Waals surface area contributed by atoms with Crippen molar-refractivity contribution in [3.8, 4) is 0 Å². The zero-order valence-corrected chi connectivity index (χ0v) is 9.03. The van der Waals surface area contributed by atoms with E-state index in [1.165, 1.54) is 0 Å². The summed E-state index contributed by atoms with van der Waals surface area (Å²) in [6.07, 6.45) is 1.84. The third-order valence-electron chi connectivity index (χ3n) is 2.87. The second-order valence-corrected chi connectivity index (χ2v) is 3.82. The number of carbonyl (C=O) groups excluding carboxylic acids is 1. The lowest BCUT2D eigenvalue weighted by molar-refractivity contribution is -0.140. The van der Waals surface area contributed by atoms with Gasteiger partial charge in [-0.2, -0.15) is 0 Å². The highest BCUT2D eigenvalue weighted by Gasteiger charge is 2.24. The summed E-state index contributed by atoms with van der Waals surface area (Å²) in [4.78, 5) is 13.8. The molecule has 0 bridgehead atoms. The van der Waals surface area contributed by atoms with Crippen molar-refractivity contribution in [2.75, 3.05) is 26.3 Å². The van der Waals surface area contributed by atoms with Crippen LogP contribution in [0.2, 0.25) is 0 Å². The Morgan fingerprint density at radius 2 is 2.00 bits per heavy atom. The maximum Gasteiger partial charge on any atom is 0.226 e. The topological polar surface area (TPSA) is 29.5 Å². The van der Waals surface area contributed by atoms with Crippen LogP contribution in [0.25, 0.3) is 0 Å². The van der Waals surface area contributed by atoms with E-state index in [9.17, 15) is 4.79 Å². The van der Waals surface area contributed by atoms with Crippen LogP contribution in [0.1, 0.15) is 13.8 Å². The molecule has 0 radical (unpaired) electrons. The molecule has 0 aromatic rings. The van der Waals surface area contributed by atoms with Crippen molar-refractivity contribution in [2.45, 2.75) is 13.8 Å². The number of allylic oxidation sites excluding steroid dienone is 1. The summed E-state index contributed by atoms with van der Waals surface area (Å²) in [6.45, 7) is 10.5. The van der Waals surface area contributed by atoms with Crippen LogP contribution < -0.4 is 0 Å². The van der Waals surface area contributed by atoms with E-state index in [-0.39, 0.29) is 17.7 Å². The number of nitrogens with zero attached hydrogens (tertiary/aromatic N) is 1. The van der Waals surface area contributed by atoms with Gasteiger partial charge in [-0.05, 0) is 5.92 Å². The molecule has 0 aliphatic carbocycles. The van der Waals surface area contributed by atoms with Gasteiger partial charge in [0.05, 0.1) is 13.2 Å². The summed E-state index contributed by atoms with van der Waals surface area (Å²) >= 11 is 0. The zero-order valence-electron chi connectivity index (χ0n) is 9.03. The lowest BCUT2D eigenvalue weighted by atomic mass is 9.94. The molecule has 0 aromatic heterocycles. The van der Waals surface area contributed by atoms with E-state index in [0.29, 0.717) is 13.2 Å². The Morgan fingerprint density at radius 1 is 1.43 bits per heavy atom. The first-order valence-corrected chi connectivity index (χ1v) is 5.16. The third-order valence-corrected chi connectivity index (χ3v) is 2.87. The van der Waals surface area contributed by atoms with Crippen molar-refractivity contribution in [1.82, 2.24) is 4.90 Å². The Balaban J connectivity index is 2.49. The minimum atomic E-state index is 0.0330. The monoisotopic (exact) mass is 197 g/mol. The fourth-order valence-electron chi connectivity index (χ4n) is 1.50. The molecule has 0 aromatic carbocycles. The van der Waals surface area contributed by atoms with Crippen LogP contribution in [0.5, 0.6) is 0 Å². The maximum atomic E-state index is 11.9. The van der Waals surface area contributed by atoms with Crippen molar-refractivity contribution in [3.05, 3.63) is 12.7 Å². The number of hydrogen-bond acceptors (Lipinski definition) is 2. The molecule has 1 aliphatic heterocycles. The Hall–Kier alpha value is -0.830. The fraction of sp³-hybridized carbons (Fsp3) is 0.727. The first-order valence-electron chi connectivity index (χ1n) is 5.16. The van der Waals surface area contributed by atoms with Gasteiger partial charge in [0.25, 0.3) is 0 Å². The van der Waals surface area contributed by atoms with Gasteiger partial charge in [-0.25, -0.2) is 0 Å². The molecule has 80 valence electrons. The number of hydrogen-bond donors (Lipinski definition) is 0. The molecule has 2 atom stereocenters. The average Bonchev–Trinajstić information content (AvgIpc) is 2.27. The SMILES string of the molecule is C=C[C@@H](C)[C@H](C)C(=O)N1CCOCC1. The summed E-state index contributed by atoms with van der Waals surface area (Å²) in [7, 11) is 0. The van der Waals surface area contributed by atoms with Crippen LogP contribution in [0.3, 0.4) is 0 Å². The van der Waals surface area contributed by atoms with Gasteiger partial charge in [0, 0.05) is 19.0 Å². The van der Waals surface area contributed by atoms with Gasteiger partial charge in [0.2, 0.25) is 5.91 Å². The molecule has 14 heavy (non-hydrogen) atoms. The number of carbonyl (C=O) groups is 1. The Morgan fingerprint density at radius 3 is 2.50 bits per heavy atom. The minimum absolute atomic E-state index is 0.0330. The van der Waals surface area contributed by atoms with Crippen LogP contribution in [-0.2, 0) is 9.53 Å². The summed E-state index contributed by atoms with van der Waals surface area (Å²) in [5.41, 5.74) is 0. The first kappa shape index (κ1) is 11.2. The van der Waals surface area contributed by atoms with Gasteiger partial charge in [0.15, 0.2) is 0 Å². The van der Waals surface area contributed by atoms with Crippen molar-refractivity contribution in [1.29, 1.82) is 0 Å². The zero-order chi connectivity index (χ0) is 10.6. The van der Waals surface area contributed by atoms with Gasteiger partial charge in [0.1, 0.15) is 0 Å². The van der Waals surface area contributed by atoms with E-state index in [2.05, 4.69) is 6.58 Å². The van der Waals surface area contributed by atoms with E-state index < -0.39 is 0 Å². The van der Waals surface area contributed by atoms with Crippen LogP contribution >= 0.6 is 0 Å². The smallest absolute Gasteiger partial charge is 0.226 e. The van der Waals surface area contributed by atoms with Crippen LogP contribution in [-0.4, -0.2) is 37.1 Å². The highest BCUT2D eigenvalue weighted by molar-refractivity contribution is 5.79. The summed E-state index contributed by atoms with van der Waals surface area (Å²) in [5.74, 6) is 0.497. The van der Waals surface area contributed by atoms with E-state index in [1.807, 2.05) is 24.8 Å². The van der Waals surface area contributed by atoms with Gasteiger partial charge < -0.3 is 9.64 Å². The summed E-state index contributed by atoms with van der Waals surface area (Å²) in [5, 5.41) is 0. The second-order valence-electron chi connectivity index (χ2n) is 3.82. The van der Waals surface area contributed by atoms with Crippen LogP contribution in [0.4, 0.5) is 0 Å². The molecular weight excluding hydrogens is 178 g/mol. The van der Waals surface area contributed by atoms with Crippen LogP contribution in [0, 0.1) is 11.8 Å². The van der Waals surface area contributed by atoms with Gasteiger partial charge in [-0.15, -0.1) is 6.58 Å². The molecular formula is C11H19NO2. The Kier molecular flexibility index (Phi) is 4.14. The number of amides is 1. The normalized spacial score (nSPS) is 21.4. The minimum Gasteiger partial charge on any atom is -0.378 e. The summed E-state index contributed by atoms with van der Waals surface area (Å²) in [6, 6.07) is 0. The van der Waals surface area contributed by atoms with E-state index >= 15 is 0 Å². The highest BCUT2D eigenvalue weighted by Crippen LogP contribution is 2.15. The molecule has 1 heterocycles. The average molecular weight is 197 g/mol. The van der Waals surface area contributed by atoms with Gasteiger partial charge in [-0.1, -0.05) is 19.9 Å². The third kappa shape index (κ3) is 2.58. The first-order chi connectivity index (χ1) is 6.66. The molecule has 1 fully saturated rings. The Labute approximate surface area is 85.7 Å². The maximum absolute atomic E-state index is 11.9. The molecule has 1 rings (SSSR count). The van der Waals surface area contributed by atoms with Crippen molar-refractivity contribution >= 4 is 5.91 Å². The molecule has 0 N–H and O–H groups in total. The Bertz CT molecular complexity index is 209. The van der Waals surface area contributed by atoms with E-state index in [0.717, 1.165) is 13.1 Å². The van der Waals surface area contributed by atoms with Crippen molar-refractivity contribution in [3.63, 3.8) is 0 Å². The predicted octanol–water partition coefficient (Wildman–Crippen LogP) is 1.30. The van der Waals surface area contributed by atoms with Crippen LogP contribution in [0.15, 0.2) is 12.7 Å². The molecule has 1 saturated heterocycles. The quantitative estimate of drug-likeness (QED) is 0.638. The van der Waals surface area contributed by atoms with E-state index in [1.54, 1.807) is 0 Å². The molecule has 0 saturated carbocycles. The number of ether oxygens (including phenoxy) is 1. The molecule has 3 heteroatoms. The van der Waals surface area contributed by atoms with Gasteiger partial charge >= 0.3 is 0 Å². The summed E-state index contributed by atoms with van der Waals surface area (Å²) < 4.78 is 5.20. The lowest BCUT2D eigenvalue weighted by Gasteiger charge is -2.30. The van der Waals surface area contributed by atoms with Gasteiger partial charge in [-0.3, -0.25) is 4.79 Å². The molecule has 1 amide bonds. The molecule has 0 spiro atoms. The number of morpholine rings is 1. The molecule has 1 aliphatic rings. The largest absolute Gasteiger partial charge is 0.378 e. The second kappa shape index (κ2) is 5.15. The highest BCUT2D eigenvalue weighted by atomic mass is 16.5. The predicted molar refractivity (Wildman–Crippen MR) is 55.9 cm³/mol.